The van der Waals surface area contributed by atoms with Crippen molar-refractivity contribution in [2.75, 3.05) is 28.7 Å². The molecule has 4 amide bonds. The van der Waals surface area contributed by atoms with Crippen LogP contribution >= 0.6 is 0 Å². The van der Waals surface area contributed by atoms with Gasteiger partial charge in [0.15, 0.2) is 0 Å². The van der Waals surface area contributed by atoms with Crippen molar-refractivity contribution in [2.24, 2.45) is 0 Å². The van der Waals surface area contributed by atoms with Crippen LogP contribution in [-0.2, 0) is 9.59 Å². The molecular formula is C27H30N4O4. The summed E-state index contributed by atoms with van der Waals surface area (Å²) < 4.78 is 5.57. The summed E-state index contributed by atoms with van der Waals surface area (Å²) in [7, 11) is 0. The molecule has 3 rings (SSSR count). The number of ether oxygens (including phenoxy) is 1. The predicted octanol–water partition coefficient (Wildman–Crippen LogP) is 4.58. The van der Waals surface area contributed by atoms with Crippen molar-refractivity contribution < 1.29 is 19.1 Å². The summed E-state index contributed by atoms with van der Waals surface area (Å²) in [4.78, 5) is 40.0. The van der Waals surface area contributed by atoms with Crippen LogP contribution < -0.4 is 25.6 Å². The summed E-state index contributed by atoms with van der Waals surface area (Å²) in [6.45, 7) is 5.57. The molecule has 0 heterocycles. The first-order valence-electron chi connectivity index (χ1n) is 11.4. The van der Waals surface area contributed by atoms with Gasteiger partial charge in [-0.25, -0.2) is 4.79 Å². The average molecular weight is 475 g/mol. The van der Waals surface area contributed by atoms with Gasteiger partial charge in [0.2, 0.25) is 11.8 Å². The van der Waals surface area contributed by atoms with Crippen LogP contribution in [0, 0.1) is 6.92 Å². The van der Waals surface area contributed by atoms with Crippen molar-refractivity contribution in [3.63, 3.8) is 0 Å². The fraction of sp³-hybridized carbons (Fsp3) is 0.222. The standard InChI is InChI=1S/C27H30N4O4/c1-4-35-24-15-9-14-23(17-24)31(20(3)26(33)29-21-11-6-5-7-12-21)25(32)18-28-27(34)30-22-13-8-10-19(2)16-22/h5-17,20H,4,18H2,1-3H3,(H,29,33)(H2,28,30,34). The van der Waals surface area contributed by atoms with Gasteiger partial charge in [-0.05, 0) is 62.7 Å². The molecule has 3 aromatic carbocycles. The lowest BCUT2D eigenvalue weighted by Crippen LogP contribution is -2.50. The smallest absolute Gasteiger partial charge is 0.319 e. The SMILES string of the molecule is CCOc1cccc(N(C(=O)CNC(=O)Nc2cccc(C)c2)C(C)C(=O)Nc2ccccc2)c1. The third kappa shape index (κ3) is 7.33. The predicted molar refractivity (Wildman–Crippen MR) is 138 cm³/mol. The van der Waals surface area contributed by atoms with E-state index in [2.05, 4.69) is 16.0 Å². The number of nitrogens with one attached hydrogen (secondary N) is 3. The van der Waals surface area contributed by atoms with E-state index in [9.17, 15) is 14.4 Å². The molecule has 0 saturated heterocycles. The number of aryl methyl sites for hydroxylation is 1. The van der Waals surface area contributed by atoms with Crippen LogP contribution in [0.3, 0.4) is 0 Å². The number of anilines is 3. The largest absolute Gasteiger partial charge is 0.494 e. The van der Waals surface area contributed by atoms with Crippen LogP contribution in [0.15, 0.2) is 78.9 Å². The second-order valence-electron chi connectivity index (χ2n) is 7.90. The molecule has 1 unspecified atom stereocenters. The molecular weight excluding hydrogens is 444 g/mol. The van der Waals surface area contributed by atoms with Gasteiger partial charge in [-0.1, -0.05) is 36.4 Å². The second kappa shape index (κ2) is 12.2. The van der Waals surface area contributed by atoms with Gasteiger partial charge in [0.1, 0.15) is 11.8 Å². The number of hydrogen-bond donors (Lipinski definition) is 3. The zero-order chi connectivity index (χ0) is 25.2. The Hall–Kier alpha value is -4.33. The highest BCUT2D eigenvalue weighted by Crippen LogP contribution is 2.24. The number of para-hydroxylation sites is 1. The van der Waals surface area contributed by atoms with Crippen molar-refractivity contribution in [1.29, 1.82) is 0 Å². The molecule has 0 fully saturated rings. The van der Waals surface area contributed by atoms with Crippen molar-refractivity contribution in [3.8, 4) is 5.75 Å². The van der Waals surface area contributed by atoms with Crippen molar-refractivity contribution in [1.82, 2.24) is 5.32 Å². The molecule has 0 aliphatic heterocycles. The van der Waals surface area contributed by atoms with Gasteiger partial charge in [0.05, 0.1) is 13.2 Å². The summed E-state index contributed by atoms with van der Waals surface area (Å²) in [5, 5.41) is 8.11. The van der Waals surface area contributed by atoms with Crippen LogP contribution in [0.25, 0.3) is 0 Å². The Kier molecular flexibility index (Phi) is 8.83. The minimum atomic E-state index is -0.860. The lowest BCUT2D eigenvalue weighted by molar-refractivity contribution is -0.122. The maximum absolute atomic E-state index is 13.3. The van der Waals surface area contributed by atoms with E-state index in [0.29, 0.717) is 29.4 Å². The molecule has 0 aliphatic rings. The Balaban J connectivity index is 1.76. The van der Waals surface area contributed by atoms with Gasteiger partial charge in [0.25, 0.3) is 0 Å². The Labute approximate surface area is 205 Å². The zero-order valence-corrected chi connectivity index (χ0v) is 20.1. The Morgan fingerprint density at radius 1 is 0.886 bits per heavy atom. The molecule has 0 radical (unpaired) electrons. The third-order valence-electron chi connectivity index (χ3n) is 5.16. The highest BCUT2D eigenvalue weighted by Gasteiger charge is 2.28. The molecule has 0 aromatic heterocycles. The van der Waals surface area contributed by atoms with Gasteiger partial charge in [-0.2, -0.15) is 0 Å². The maximum atomic E-state index is 13.3. The van der Waals surface area contributed by atoms with Crippen LogP contribution in [0.2, 0.25) is 0 Å². The van der Waals surface area contributed by atoms with Crippen molar-refractivity contribution >= 4 is 34.9 Å². The highest BCUT2D eigenvalue weighted by molar-refractivity contribution is 6.06. The Morgan fingerprint density at radius 3 is 2.31 bits per heavy atom. The Morgan fingerprint density at radius 2 is 1.60 bits per heavy atom. The van der Waals surface area contributed by atoms with Crippen LogP contribution in [0.4, 0.5) is 21.9 Å². The van der Waals surface area contributed by atoms with Gasteiger partial charge in [0, 0.05) is 23.1 Å². The first-order valence-corrected chi connectivity index (χ1v) is 11.4. The fourth-order valence-corrected chi connectivity index (χ4v) is 3.50. The molecule has 1 atom stereocenters. The van der Waals surface area contributed by atoms with E-state index in [1.54, 1.807) is 49.4 Å². The van der Waals surface area contributed by atoms with E-state index >= 15 is 0 Å². The lowest BCUT2D eigenvalue weighted by Gasteiger charge is -2.29. The number of carbonyl (C=O) groups is 3. The molecule has 3 aromatic rings. The first-order chi connectivity index (χ1) is 16.9. The summed E-state index contributed by atoms with van der Waals surface area (Å²) in [5.74, 6) is -0.243. The maximum Gasteiger partial charge on any atom is 0.319 e. The summed E-state index contributed by atoms with van der Waals surface area (Å²) >= 11 is 0. The molecule has 0 spiro atoms. The lowest BCUT2D eigenvalue weighted by atomic mass is 10.2. The third-order valence-corrected chi connectivity index (χ3v) is 5.16. The summed E-state index contributed by atoms with van der Waals surface area (Å²) in [6.07, 6.45) is 0. The van der Waals surface area contributed by atoms with E-state index < -0.39 is 18.0 Å². The van der Waals surface area contributed by atoms with E-state index in [1.807, 2.05) is 50.2 Å². The molecule has 0 saturated carbocycles. The minimum absolute atomic E-state index is 0.306. The topological polar surface area (TPSA) is 99.8 Å². The molecule has 8 nitrogen and oxygen atoms in total. The average Bonchev–Trinajstić information content (AvgIpc) is 2.84. The molecule has 182 valence electrons. The first kappa shape index (κ1) is 25.3. The van der Waals surface area contributed by atoms with Crippen LogP contribution in [0.5, 0.6) is 5.75 Å². The molecule has 3 N–H and O–H groups in total. The van der Waals surface area contributed by atoms with E-state index in [1.165, 1.54) is 4.90 Å². The van der Waals surface area contributed by atoms with Crippen LogP contribution in [-0.4, -0.2) is 37.0 Å². The minimum Gasteiger partial charge on any atom is -0.494 e. The number of rotatable bonds is 9. The highest BCUT2D eigenvalue weighted by atomic mass is 16.5. The van der Waals surface area contributed by atoms with E-state index in [-0.39, 0.29) is 12.5 Å². The van der Waals surface area contributed by atoms with Crippen molar-refractivity contribution in [3.05, 3.63) is 84.4 Å². The number of nitrogens with zero attached hydrogens (tertiary/aromatic N) is 1. The number of amides is 4. The van der Waals surface area contributed by atoms with Gasteiger partial charge in [-0.3, -0.25) is 14.5 Å². The number of hydrogen-bond acceptors (Lipinski definition) is 4. The Bertz CT molecular complexity index is 1170. The van der Waals surface area contributed by atoms with Gasteiger partial charge >= 0.3 is 6.03 Å². The number of benzene rings is 3. The molecule has 0 aliphatic carbocycles. The van der Waals surface area contributed by atoms with Gasteiger partial charge in [-0.15, -0.1) is 0 Å². The monoisotopic (exact) mass is 474 g/mol. The molecule has 35 heavy (non-hydrogen) atoms. The van der Waals surface area contributed by atoms with Gasteiger partial charge < -0.3 is 20.7 Å². The van der Waals surface area contributed by atoms with Crippen LogP contribution in [0.1, 0.15) is 19.4 Å². The molecule has 8 heteroatoms. The fourth-order valence-electron chi connectivity index (χ4n) is 3.50. The summed E-state index contributed by atoms with van der Waals surface area (Å²) in [5.41, 5.74) is 2.72. The quantitative estimate of drug-likeness (QED) is 0.423. The second-order valence-corrected chi connectivity index (χ2v) is 7.90. The normalized spacial score (nSPS) is 11.2. The zero-order valence-electron chi connectivity index (χ0n) is 20.1. The van der Waals surface area contributed by atoms with E-state index in [4.69, 9.17) is 4.74 Å². The van der Waals surface area contributed by atoms with Crippen molar-refractivity contribution in [2.45, 2.75) is 26.8 Å². The number of urea groups is 1. The molecule has 0 bridgehead atoms. The van der Waals surface area contributed by atoms with E-state index in [0.717, 1.165) is 5.56 Å². The number of carbonyl (C=O) groups excluding carboxylic acids is 3. The summed E-state index contributed by atoms with van der Waals surface area (Å²) in [6, 6.07) is 21.9.